The lowest BCUT2D eigenvalue weighted by atomic mass is 10.0. The molecule has 1 heterocycles. The number of nitrogens with zero attached hydrogens (tertiary/aromatic N) is 1. The molecule has 0 unspecified atom stereocenters. The van der Waals surface area contributed by atoms with Crippen molar-refractivity contribution >= 4 is 17.3 Å². The van der Waals surface area contributed by atoms with Gasteiger partial charge in [0.05, 0.1) is 10.7 Å². The molecule has 0 fully saturated rings. The maximum atomic E-state index is 6.49. The van der Waals surface area contributed by atoms with Gasteiger partial charge >= 0.3 is 0 Å². The molecule has 110 valence electrons. The number of hydrogen-bond acceptors (Lipinski definition) is 2. The number of nitrogens with one attached hydrogen (secondary N) is 1. The number of benzene rings is 2. The van der Waals surface area contributed by atoms with Gasteiger partial charge in [-0.25, -0.2) is 0 Å². The molecule has 0 amide bonds. The fraction of sp³-hybridized carbons (Fsp3) is 0.333. The zero-order valence-electron chi connectivity index (χ0n) is 12.4. The summed E-state index contributed by atoms with van der Waals surface area (Å²) < 4.78 is 0. The molecule has 1 N–H and O–H groups in total. The third kappa shape index (κ3) is 3.22. The van der Waals surface area contributed by atoms with Crippen LogP contribution in [0, 0.1) is 0 Å². The Bertz CT molecular complexity index is 597. The van der Waals surface area contributed by atoms with E-state index < -0.39 is 0 Å². The average molecular weight is 301 g/mol. The lowest BCUT2D eigenvalue weighted by molar-refractivity contribution is 0.800. The molecule has 3 heteroatoms. The second-order valence-corrected chi connectivity index (χ2v) is 5.98. The maximum absolute atomic E-state index is 6.49. The predicted molar refractivity (Wildman–Crippen MR) is 90.3 cm³/mol. The molecule has 0 radical (unpaired) electrons. The van der Waals surface area contributed by atoms with Gasteiger partial charge in [-0.3, -0.25) is 0 Å². The van der Waals surface area contributed by atoms with Crippen molar-refractivity contribution in [3.8, 4) is 0 Å². The summed E-state index contributed by atoms with van der Waals surface area (Å²) in [5.74, 6) is 0. The molecular weight excluding hydrogens is 280 g/mol. The quantitative estimate of drug-likeness (QED) is 0.930. The normalized spacial score (nSPS) is 14.7. The summed E-state index contributed by atoms with van der Waals surface area (Å²) in [6.07, 6.45) is 2.18. The summed E-state index contributed by atoms with van der Waals surface area (Å²) in [5, 5.41) is 4.02. The van der Waals surface area contributed by atoms with Gasteiger partial charge in [-0.05, 0) is 48.7 Å². The standard InChI is InChI=1S/C18H21ClN2/c1-20-13-14-6-7-18(17(19)12-14)21-10-8-15-4-2-3-5-16(15)9-11-21/h2-7,12,20H,8-11,13H2,1H3. The summed E-state index contributed by atoms with van der Waals surface area (Å²) in [6, 6.07) is 15.2. The fourth-order valence-electron chi connectivity index (χ4n) is 3.03. The molecule has 0 saturated heterocycles. The van der Waals surface area contributed by atoms with Crippen LogP contribution in [0.1, 0.15) is 16.7 Å². The van der Waals surface area contributed by atoms with E-state index in [0.717, 1.165) is 43.2 Å². The van der Waals surface area contributed by atoms with Crippen LogP contribution in [0.25, 0.3) is 0 Å². The summed E-state index contributed by atoms with van der Waals surface area (Å²) in [7, 11) is 1.95. The summed E-state index contributed by atoms with van der Waals surface area (Å²) in [6.45, 7) is 2.91. The van der Waals surface area contributed by atoms with Crippen LogP contribution in [0.2, 0.25) is 5.02 Å². The van der Waals surface area contributed by atoms with Gasteiger partial charge < -0.3 is 10.2 Å². The van der Waals surface area contributed by atoms with Gasteiger partial charge in [0.1, 0.15) is 0 Å². The van der Waals surface area contributed by atoms with E-state index in [1.165, 1.54) is 16.7 Å². The SMILES string of the molecule is CNCc1ccc(N2CCc3ccccc3CC2)c(Cl)c1. The van der Waals surface area contributed by atoms with Crippen molar-refractivity contribution in [2.45, 2.75) is 19.4 Å². The van der Waals surface area contributed by atoms with Crippen LogP contribution < -0.4 is 10.2 Å². The second-order valence-electron chi connectivity index (χ2n) is 5.57. The van der Waals surface area contributed by atoms with E-state index >= 15 is 0 Å². The minimum Gasteiger partial charge on any atom is -0.370 e. The molecule has 0 spiro atoms. The first-order valence-electron chi connectivity index (χ1n) is 7.52. The van der Waals surface area contributed by atoms with Crippen molar-refractivity contribution in [3.63, 3.8) is 0 Å². The smallest absolute Gasteiger partial charge is 0.0642 e. The van der Waals surface area contributed by atoms with Crippen molar-refractivity contribution in [2.75, 3.05) is 25.0 Å². The highest BCUT2D eigenvalue weighted by molar-refractivity contribution is 6.33. The molecule has 0 aromatic heterocycles. The van der Waals surface area contributed by atoms with Gasteiger partial charge in [0.15, 0.2) is 0 Å². The molecule has 3 rings (SSSR count). The Hall–Kier alpha value is -1.51. The third-order valence-corrected chi connectivity index (χ3v) is 4.46. The van der Waals surface area contributed by atoms with E-state index in [9.17, 15) is 0 Å². The van der Waals surface area contributed by atoms with Crippen LogP contribution in [-0.4, -0.2) is 20.1 Å². The molecule has 21 heavy (non-hydrogen) atoms. The Morgan fingerprint density at radius 3 is 2.29 bits per heavy atom. The van der Waals surface area contributed by atoms with Crippen LogP contribution in [0.15, 0.2) is 42.5 Å². The molecule has 1 aliphatic rings. The van der Waals surface area contributed by atoms with E-state index in [4.69, 9.17) is 11.6 Å². The highest BCUT2D eigenvalue weighted by atomic mass is 35.5. The van der Waals surface area contributed by atoms with E-state index in [0.29, 0.717) is 0 Å². The lowest BCUT2D eigenvalue weighted by Crippen LogP contribution is -2.26. The second kappa shape index (κ2) is 6.50. The Morgan fingerprint density at radius 1 is 1.05 bits per heavy atom. The molecule has 2 nitrogen and oxygen atoms in total. The van der Waals surface area contributed by atoms with Gasteiger partial charge in [0.2, 0.25) is 0 Å². The van der Waals surface area contributed by atoms with Crippen LogP contribution in [0.3, 0.4) is 0 Å². The Morgan fingerprint density at radius 2 is 1.71 bits per heavy atom. The topological polar surface area (TPSA) is 15.3 Å². The van der Waals surface area contributed by atoms with Crippen molar-refractivity contribution < 1.29 is 0 Å². The predicted octanol–water partition coefficient (Wildman–Crippen LogP) is 3.66. The molecule has 0 bridgehead atoms. The highest BCUT2D eigenvalue weighted by Gasteiger charge is 2.16. The average Bonchev–Trinajstić information content (AvgIpc) is 2.71. The van der Waals surface area contributed by atoms with E-state index in [-0.39, 0.29) is 0 Å². The molecule has 2 aromatic rings. The van der Waals surface area contributed by atoms with Crippen LogP contribution >= 0.6 is 11.6 Å². The number of hydrogen-bond donors (Lipinski definition) is 1. The van der Waals surface area contributed by atoms with Gasteiger partial charge in [-0.1, -0.05) is 41.9 Å². The minimum atomic E-state index is 0.853. The molecular formula is C18H21ClN2. The molecule has 0 aliphatic carbocycles. The summed E-state index contributed by atoms with van der Waals surface area (Å²) >= 11 is 6.49. The molecule has 1 aliphatic heterocycles. The van der Waals surface area contributed by atoms with Gasteiger partial charge in [-0.2, -0.15) is 0 Å². The largest absolute Gasteiger partial charge is 0.370 e. The van der Waals surface area contributed by atoms with Crippen LogP contribution in [-0.2, 0) is 19.4 Å². The highest BCUT2D eigenvalue weighted by Crippen LogP contribution is 2.29. The van der Waals surface area contributed by atoms with E-state index in [1.807, 2.05) is 7.05 Å². The van der Waals surface area contributed by atoms with Crippen molar-refractivity contribution in [1.29, 1.82) is 0 Å². The first kappa shape index (κ1) is 14.4. The zero-order chi connectivity index (χ0) is 14.7. The first-order chi connectivity index (χ1) is 10.3. The summed E-state index contributed by atoms with van der Waals surface area (Å²) in [5.41, 5.74) is 5.33. The molecule has 0 atom stereocenters. The zero-order valence-corrected chi connectivity index (χ0v) is 13.2. The van der Waals surface area contributed by atoms with Crippen molar-refractivity contribution in [2.24, 2.45) is 0 Å². The summed E-state index contributed by atoms with van der Waals surface area (Å²) in [4.78, 5) is 2.41. The molecule has 0 saturated carbocycles. The Kier molecular flexibility index (Phi) is 4.47. The van der Waals surface area contributed by atoms with Gasteiger partial charge in [0, 0.05) is 19.6 Å². The van der Waals surface area contributed by atoms with E-state index in [2.05, 4.69) is 52.7 Å². The number of anilines is 1. The van der Waals surface area contributed by atoms with Crippen LogP contribution in [0.4, 0.5) is 5.69 Å². The van der Waals surface area contributed by atoms with Gasteiger partial charge in [-0.15, -0.1) is 0 Å². The maximum Gasteiger partial charge on any atom is 0.0642 e. The van der Waals surface area contributed by atoms with Gasteiger partial charge in [0.25, 0.3) is 0 Å². The van der Waals surface area contributed by atoms with Crippen LogP contribution in [0.5, 0.6) is 0 Å². The Labute approximate surface area is 131 Å². The molecule has 2 aromatic carbocycles. The third-order valence-electron chi connectivity index (χ3n) is 4.15. The number of halogens is 1. The monoisotopic (exact) mass is 300 g/mol. The minimum absolute atomic E-state index is 0.853. The lowest BCUT2D eigenvalue weighted by Gasteiger charge is -2.24. The first-order valence-corrected chi connectivity index (χ1v) is 7.90. The number of rotatable bonds is 3. The number of fused-ring (bicyclic) bond motifs is 1. The fourth-order valence-corrected chi connectivity index (χ4v) is 3.35. The van der Waals surface area contributed by atoms with Crippen molar-refractivity contribution in [3.05, 3.63) is 64.2 Å². The van der Waals surface area contributed by atoms with E-state index in [1.54, 1.807) is 0 Å². The Balaban J connectivity index is 1.79. The van der Waals surface area contributed by atoms with Crippen molar-refractivity contribution in [1.82, 2.24) is 5.32 Å².